The summed E-state index contributed by atoms with van der Waals surface area (Å²) in [5, 5.41) is 7.31. The summed E-state index contributed by atoms with van der Waals surface area (Å²) in [6.45, 7) is 8.64. The van der Waals surface area contributed by atoms with Gasteiger partial charge in [0.2, 0.25) is 0 Å². The summed E-state index contributed by atoms with van der Waals surface area (Å²) in [6, 6.07) is 6.74. The van der Waals surface area contributed by atoms with Crippen LogP contribution in [-0.4, -0.2) is 11.2 Å². The highest BCUT2D eigenvalue weighted by atomic mass is 32.1. The molecule has 0 radical (unpaired) electrons. The van der Waals surface area contributed by atoms with E-state index in [2.05, 4.69) is 56.5 Å². The first kappa shape index (κ1) is 16.0. The van der Waals surface area contributed by atoms with E-state index in [1.54, 1.807) is 0 Å². The minimum absolute atomic E-state index is 0.429. The molecule has 2 nitrogen and oxygen atoms in total. The third kappa shape index (κ3) is 6.06. The number of benzene rings is 1. The second-order valence-electron chi connectivity index (χ2n) is 5.29. The lowest BCUT2D eigenvalue weighted by molar-refractivity contribution is 0.556. The molecule has 0 bridgehead atoms. The molecule has 2 N–H and O–H groups in total. The van der Waals surface area contributed by atoms with Crippen LogP contribution in [0.3, 0.4) is 0 Å². The molecule has 0 aromatic heterocycles. The molecule has 1 aromatic carbocycles. The maximum absolute atomic E-state index is 5.34. The maximum Gasteiger partial charge on any atom is 0.170 e. The van der Waals surface area contributed by atoms with Gasteiger partial charge in [-0.25, -0.2) is 0 Å². The van der Waals surface area contributed by atoms with Gasteiger partial charge in [0.25, 0.3) is 0 Å². The van der Waals surface area contributed by atoms with Crippen molar-refractivity contribution in [2.75, 3.05) is 5.32 Å². The highest BCUT2D eigenvalue weighted by molar-refractivity contribution is 7.80. The van der Waals surface area contributed by atoms with E-state index in [9.17, 15) is 0 Å². The highest BCUT2D eigenvalue weighted by Crippen LogP contribution is 2.14. The zero-order valence-electron chi connectivity index (χ0n) is 12.5. The van der Waals surface area contributed by atoms with Crippen molar-refractivity contribution in [1.82, 2.24) is 5.32 Å². The Morgan fingerprint density at radius 3 is 2.58 bits per heavy atom. The Kier molecular flexibility index (Phi) is 6.85. The van der Waals surface area contributed by atoms with Gasteiger partial charge in [0.15, 0.2) is 5.11 Å². The molecule has 0 aliphatic rings. The van der Waals surface area contributed by atoms with Gasteiger partial charge in [0, 0.05) is 11.7 Å². The Morgan fingerprint density at radius 2 is 1.95 bits per heavy atom. The lowest BCUT2D eigenvalue weighted by atomic mass is 10.1. The second kappa shape index (κ2) is 8.16. The molecule has 0 heterocycles. The first-order valence-electron chi connectivity index (χ1n) is 7.17. The molecule has 1 rings (SSSR count). The average Bonchev–Trinajstić information content (AvgIpc) is 2.34. The average molecular weight is 278 g/mol. The molecule has 0 aliphatic carbocycles. The van der Waals surface area contributed by atoms with Crippen LogP contribution in [0.5, 0.6) is 0 Å². The number of hydrogen-bond acceptors (Lipinski definition) is 1. The predicted molar refractivity (Wildman–Crippen MR) is 88.9 cm³/mol. The maximum atomic E-state index is 5.34. The Bertz CT molecular complexity index is 415. The zero-order valence-corrected chi connectivity index (χ0v) is 13.4. The van der Waals surface area contributed by atoms with Gasteiger partial charge in [-0.05, 0) is 62.7 Å². The standard InChI is InChI=1S/C16H26N2S/c1-5-6-7-8-14(4)17-16(19)18-15-10-9-12(2)13(3)11-15/h9-11,14H,5-8H2,1-4H3,(H2,17,18,19). The van der Waals surface area contributed by atoms with Crippen molar-refractivity contribution < 1.29 is 0 Å². The molecule has 19 heavy (non-hydrogen) atoms. The monoisotopic (exact) mass is 278 g/mol. The van der Waals surface area contributed by atoms with Crippen molar-refractivity contribution in [1.29, 1.82) is 0 Å². The van der Waals surface area contributed by atoms with E-state index in [0.29, 0.717) is 11.2 Å². The third-order valence-electron chi connectivity index (χ3n) is 3.38. The molecule has 0 aliphatic heterocycles. The molecule has 0 spiro atoms. The molecular formula is C16H26N2S. The lowest BCUT2D eigenvalue weighted by Crippen LogP contribution is -2.35. The molecule has 106 valence electrons. The minimum atomic E-state index is 0.429. The number of rotatable bonds is 6. The fourth-order valence-corrected chi connectivity index (χ4v) is 2.30. The number of thiocarbonyl (C=S) groups is 1. The second-order valence-corrected chi connectivity index (χ2v) is 5.70. The van der Waals surface area contributed by atoms with Gasteiger partial charge in [-0.2, -0.15) is 0 Å². The van der Waals surface area contributed by atoms with Crippen molar-refractivity contribution in [2.24, 2.45) is 0 Å². The van der Waals surface area contributed by atoms with Crippen LogP contribution in [0.2, 0.25) is 0 Å². The number of hydrogen-bond donors (Lipinski definition) is 2. The molecule has 0 saturated carbocycles. The minimum Gasteiger partial charge on any atom is -0.360 e. The lowest BCUT2D eigenvalue weighted by Gasteiger charge is -2.17. The molecule has 0 saturated heterocycles. The van der Waals surface area contributed by atoms with Gasteiger partial charge >= 0.3 is 0 Å². The third-order valence-corrected chi connectivity index (χ3v) is 3.60. The normalized spacial score (nSPS) is 12.0. The van der Waals surface area contributed by atoms with Crippen LogP contribution in [0.1, 0.15) is 50.7 Å². The van der Waals surface area contributed by atoms with Gasteiger partial charge in [0.05, 0.1) is 0 Å². The number of nitrogens with one attached hydrogen (secondary N) is 2. The summed E-state index contributed by atoms with van der Waals surface area (Å²) < 4.78 is 0. The van der Waals surface area contributed by atoms with E-state index in [0.717, 1.165) is 5.69 Å². The van der Waals surface area contributed by atoms with Crippen molar-refractivity contribution in [3.63, 3.8) is 0 Å². The Labute approximate surface area is 123 Å². The fraction of sp³-hybridized carbons (Fsp3) is 0.562. The molecule has 1 unspecified atom stereocenters. The van der Waals surface area contributed by atoms with E-state index in [1.807, 2.05) is 0 Å². The van der Waals surface area contributed by atoms with Crippen LogP contribution >= 0.6 is 12.2 Å². The smallest absolute Gasteiger partial charge is 0.170 e. The predicted octanol–water partition coefficient (Wildman–Crippen LogP) is 4.56. The summed E-state index contributed by atoms with van der Waals surface area (Å²) >= 11 is 5.34. The van der Waals surface area contributed by atoms with E-state index in [4.69, 9.17) is 12.2 Å². The van der Waals surface area contributed by atoms with Gasteiger partial charge in [-0.15, -0.1) is 0 Å². The zero-order chi connectivity index (χ0) is 14.3. The van der Waals surface area contributed by atoms with E-state index in [1.165, 1.54) is 36.8 Å². The van der Waals surface area contributed by atoms with Gasteiger partial charge in [0.1, 0.15) is 0 Å². The first-order chi connectivity index (χ1) is 9.02. The van der Waals surface area contributed by atoms with Crippen molar-refractivity contribution in [3.05, 3.63) is 29.3 Å². The Balaban J connectivity index is 2.39. The quantitative estimate of drug-likeness (QED) is 0.589. The van der Waals surface area contributed by atoms with E-state index < -0.39 is 0 Å². The Hall–Kier alpha value is -1.09. The summed E-state index contributed by atoms with van der Waals surface area (Å²) in [7, 11) is 0. The van der Waals surface area contributed by atoms with Crippen LogP contribution < -0.4 is 10.6 Å². The van der Waals surface area contributed by atoms with Gasteiger partial charge in [-0.1, -0.05) is 32.3 Å². The summed E-state index contributed by atoms with van der Waals surface area (Å²) in [5.74, 6) is 0. The molecule has 3 heteroatoms. The van der Waals surface area contributed by atoms with Crippen LogP contribution in [0.4, 0.5) is 5.69 Å². The van der Waals surface area contributed by atoms with Gasteiger partial charge in [-0.3, -0.25) is 0 Å². The Morgan fingerprint density at radius 1 is 1.21 bits per heavy atom. The first-order valence-corrected chi connectivity index (χ1v) is 7.58. The fourth-order valence-electron chi connectivity index (χ4n) is 1.98. The van der Waals surface area contributed by atoms with Gasteiger partial charge < -0.3 is 10.6 Å². The van der Waals surface area contributed by atoms with Crippen molar-refractivity contribution >= 4 is 23.0 Å². The number of unbranched alkanes of at least 4 members (excludes halogenated alkanes) is 2. The molecule has 1 aromatic rings. The number of anilines is 1. The molecular weight excluding hydrogens is 252 g/mol. The number of aryl methyl sites for hydroxylation is 2. The topological polar surface area (TPSA) is 24.1 Å². The highest BCUT2D eigenvalue weighted by Gasteiger charge is 2.04. The summed E-state index contributed by atoms with van der Waals surface area (Å²) in [5.41, 5.74) is 3.64. The molecule has 0 amide bonds. The van der Waals surface area contributed by atoms with E-state index in [-0.39, 0.29) is 0 Å². The van der Waals surface area contributed by atoms with E-state index >= 15 is 0 Å². The van der Waals surface area contributed by atoms with Crippen LogP contribution in [0.15, 0.2) is 18.2 Å². The summed E-state index contributed by atoms with van der Waals surface area (Å²) in [6.07, 6.45) is 4.99. The van der Waals surface area contributed by atoms with Crippen molar-refractivity contribution in [3.8, 4) is 0 Å². The SMILES string of the molecule is CCCCCC(C)NC(=S)Nc1ccc(C)c(C)c1. The summed E-state index contributed by atoms with van der Waals surface area (Å²) in [4.78, 5) is 0. The molecule has 0 fully saturated rings. The van der Waals surface area contributed by atoms with Crippen LogP contribution in [0.25, 0.3) is 0 Å². The largest absolute Gasteiger partial charge is 0.360 e. The molecule has 1 atom stereocenters. The van der Waals surface area contributed by atoms with Crippen LogP contribution in [0, 0.1) is 13.8 Å². The van der Waals surface area contributed by atoms with Crippen molar-refractivity contribution in [2.45, 2.75) is 59.4 Å². The van der Waals surface area contributed by atoms with Crippen LogP contribution in [-0.2, 0) is 0 Å².